The number of rotatable bonds is 3. The van der Waals surface area contributed by atoms with Gasteiger partial charge >= 0.3 is 0 Å². The summed E-state index contributed by atoms with van der Waals surface area (Å²) in [5.74, 6) is 1.85. The summed E-state index contributed by atoms with van der Waals surface area (Å²) in [5, 5.41) is 0.186. The largest absolute Gasteiger partial charge is 0.382 e. The Morgan fingerprint density at radius 3 is 2.84 bits per heavy atom. The lowest BCUT2D eigenvalue weighted by Crippen LogP contribution is -2.37. The number of hydrogen-bond acceptors (Lipinski definition) is 4. The molecule has 6 heteroatoms. The minimum Gasteiger partial charge on any atom is -0.382 e. The van der Waals surface area contributed by atoms with Crippen molar-refractivity contribution in [3.05, 3.63) is 11.6 Å². The summed E-state index contributed by atoms with van der Waals surface area (Å²) in [6.45, 7) is 4.50. The molecule has 2 N–H and O–H groups in total. The lowest BCUT2D eigenvalue weighted by Gasteiger charge is -2.45. The van der Waals surface area contributed by atoms with Crippen LogP contribution in [0.4, 0.5) is 5.82 Å². The summed E-state index contributed by atoms with van der Waals surface area (Å²) in [4.78, 5) is 12.6. The van der Waals surface area contributed by atoms with Crippen LogP contribution in [0.3, 0.4) is 0 Å². The first-order chi connectivity index (χ1) is 9.15. The third kappa shape index (κ3) is 1.87. The Labute approximate surface area is 117 Å². The molecule has 1 saturated carbocycles. The van der Waals surface area contributed by atoms with Crippen molar-refractivity contribution in [1.29, 1.82) is 0 Å². The van der Waals surface area contributed by atoms with E-state index in [-0.39, 0.29) is 5.28 Å². The fraction of sp³-hybridized carbons (Fsp3) is 0.615. The maximum atomic E-state index is 5.90. The molecule has 0 bridgehead atoms. The van der Waals surface area contributed by atoms with Crippen LogP contribution in [0.5, 0.6) is 0 Å². The highest BCUT2D eigenvalue weighted by atomic mass is 35.5. The molecular formula is C13H18ClN5. The second-order valence-corrected chi connectivity index (χ2v) is 5.58. The lowest BCUT2D eigenvalue weighted by atomic mass is 9.66. The van der Waals surface area contributed by atoms with Gasteiger partial charge in [0.25, 0.3) is 0 Å². The van der Waals surface area contributed by atoms with Crippen LogP contribution < -0.4 is 5.73 Å². The van der Waals surface area contributed by atoms with Crippen LogP contribution >= 0.6 is 11.6 Å². The smallest absolute Gasteiger partial charge is 0.226 e. The van der Waals surface area contributed by atoms with Crippen molar-refractivity contribution < 1.29 is 0 Å². The molecule has 1 aliphatic carbocycles. The van der Waals surface area contributed by atoms with Gasteiger partial charge in [-0.15, -0.1) is 0 Å². The molecule has 0 amide bonds. The number of aromatic nitrogens is 4. The van der Waals surface area contributed by atoms with Crippen LogP contribution in [0, 0.1) is 11.8 Å². The van der Waals surface area contributed by atoms with Gasteiger partial charge in [0.1, 0.15) is 5.52 Å². The molecule has 3 unspecified atom stereocenters. The molecule has 3 rings (SSSR count). The van der Waals surface area contributed by atoms with Gasteiger partial charge in [0, 0.05) is 6.04 Å². The molecule has 3 atom stereocenters. The van der Waals surface area contributed by atoms with Gasteiger partial charge in [-0.05, 0) is 29.9 Å². The molecule has 1 aliphatic rings. The average molecular weight is 280 g/mol. The first-order valence-electron chi connectivity index (χ1n) is 6.81. The molecule has 2 heterocycles. The first-order valence-corrected chi connectivity index (χ1v) is 7.19. The monoisotopic (exact) mass is 279 g/mol. The predicted molar refractivity (Wildman–Crippen MR) is 76.0 cm³/mol. The maximum absolute atomic E-state index is 5.90. The first kappa shape index (κ1) is 12.7. The summed E-state index contributed by atoms with van der Waals surface area (Å²) in [7, 11) is 0. The van der Waals surface area contributed by atoms with E-state index >= 15 is 0 Å². The molecule has 0 radical (unpaired) electrons. The van der Waals surface area contributed by atoms with Gasteiger partial charge < -0.3 is 10.3 Å². The molecule has 19 heavy (non-hydrogen) atoms. The number of nitrogens with zero attached hydrogens (tertiary/aromatic N) is 4. The van der Waals surface area contributed by atoms with Crippen LogP contribution in [-0.2, 0) is 0 Å². The standard InChI is InChI=1S/C13H18ClN5/c1-3-7-5-9(8(7)4-2)19-6-16-10-11(15)17-13(14)18-12(10)19/h6-9H,3-5H2,1-2H3,(H2,15,17,18). The average Bonchev–Trinajstić information content (AvgIpc) is 2.73. The number of nitrogen functional groups attached to an aromatic ring is 1. The van der Waals surface area contributed by atoms with Gasteiger partial charge in [-0.2, -0.15) is 9.97 Å². The number of imidazole rings is 1. The van der Waals surface area contributed by atoms with Gasteiger partial charge in [-0.1, -0.05) is 26.7 Å². The van der Waals surface area contributed by atoms with Crippen molar-refractivity contribution >= 4 is 28.6 Å². The van der Waals surface area contributed by atoms with Crippen LogP contribution in [0.2, 0.25) is 5.28 Å². The van der Waals surface area contributed by atoms with E-state index in [9.17, 15) is 0 Å². The zero-order chi connectivity index (χ0) is 13.6. The Morgan fingerprint density at radius 1 is 1.37 bits per heavy atom. The maximum Gasteiger partial charge on any atom is 0.226 e. The molecule has 5 nitrogen and oxygen atoms in total. The van der Waals surface area contributed by atoms with E-state index < -0.39 is 0 Å². The highest BCUT2D eigenvalue weighted by Gasteiger charge is 2.40. The summed E-state index contributed by atoms with van der Waals surface area (Å²) in [6.07, 6.45) is 5.42. The molecule has 0 spiro atoms. The summed E-state index contributed by atoms with van der Waals surface area (Å²) >= 11 is 5.90. The van der Waals surface area contributed by atoms with E-state index in [1.54, 1.807) is 0 Å². The normalized spacial score (nSPS) is 26.6. The van der Waals surface area contributed by atoms with Crippen LogP contribution in [0.15, 0.2) is 6.33 Å². The topological polar surface area (TPSA) is 69.6 Å². The fourth-order valence-electron chi connectivity index (χ4n) is 3.33. The molecule has 0 aliphatic heterocycles. The Morgan fingerprint density at radius 2 is 2.16 bits per heavy atom. The van der Waals surface area contributed by atoms with Crippen LogP contribution in [0.25, 0.3) is 11.2 Å². The highest BCUT2D eigenvalue weighted by Crippen LogP contribution is 2.48. The van der Waals surface area contributed by atoms with Crippen molar-refractivity contribution in [1.82, 2.24) is 19.5 Å². The van der Waals surface area contributed by atoms with Crippen molar-refractivity contribution in [3.8, 4) is 0 Å². The quantitative estimate of drug-likeness (QED) is 0.877. The summed E-state index contributed by atoms with van der Waals surface area (Å²) in [6, 6.07) is 0.463. The van der Waals surface area contributed by atoms with Crippen molar-refractivity contribution in [3.63, 3.8) is 0 Å². The van der Waals surface area contributed by atoms with E-state index in [0.717, 1.165) is 11.6 Å². The molecule has 0 saturated heterocycles. The number of fused-ring (bicyclic) bond motifs is 1. The predicted octanol–water partition coefficient (Wildman–Crippen LogP) is 3.06. The third-order valence-corrected chi connectivity index (χ3v) is 4.59. The van der Waals surface area contributed by atoms with E-state index in [4.69, 9.17) is 17.3 Å². The van der Waals surface area contributed by atoms with Gasteiger partial charge in [-0.25, -0.2) is 4.98 Å². The van der Waals surface area contributed by atoms with Gasteiger partial charge in [0.05, 0.1) is 6.33 Å². The Hall–Kier alpha value is -1.36. The Bertz CT molecular complexity index is 608. The Balaban J connectivity index is 2.02. The molecule has 1 fully saturated rings. The van der Waals surface area contributed by atoms with E-state index in [1.807, 2.05) is 6.33 Å². The van der Waals surface area contributed by atoms with E-state index in [1.165, 1.54) is 19.3 Å². The van der Waals surface area contributed by atoms with Gasteiger partial charge in [0.2, 0.25) is 5.28 Å². The minimum atomic E-state index is 0.186. The number of nitrogens with two attached hydrogens (primary N) is 1. The van der Waals surface area contributed by atoms with Crippen LogP contribution in [-0.4, -0.2) is 19.5 Å². The van der Waals surface area contributed by atoms with Gasteiger partial charge in [-0.3, -0.25) is 0 Å². The third-order valence-electron chi connectivity index (χ3n) is 4.42. The molecule has 2 aromatic rings. The molecule has 0 aromatic carbocycles. The highest BCUT2D eigenvalue weighted by molar-refractivity contribution is 6.28. The second kappa shape index (κ2) is 4.63. The summed E-state index contributed by atoms with van der Waals surface area (Å²) in [5.41, 5.74) is 7.25. The van der Waals surface area contributed by atoms with Gasteiger partial charge in [0.15, 0.2) is 11.5 Å². The number of halogens is 1. The molecular weight excluding hydrogens is 262 g/mol. The lowest BCUT2D eigenvalue weighted by molar-refractivity contribution is 0.0752. The SMILES string of the molecule is CCC1CC(n2cnc3c(N)nc(Cl)nc32)C1CC. The minimum absolute atomic E-state index is 0.186. The molecule has 2 aromatic heterocycles. The summed E-state index contributed by atoms with van der Waals surface area (Å²) < 4.78 is 2.12. The van der Waals surface area contributed by atoms with Crippen molar-refractivity contribution in [2.45, 2.75) is 39.2 Å². The number of anilines is 1. The van der Waals surface area contributed by atoms with Crippen molar-refractivity contribution in [2.24, 2.45) is 11.8 Å². The zero-order valence-electron chi connectivity index (χ0n) is 11.2. The molecule has 102 valence electrons. The Kier molecular flexibility index (Phi) is 3.09. The van der Waals surface area contributed by atoms with Crippen molar-refractivity contribution in [2.75, 3.05) is 5.73 Å². The van der Waals surface area contributed by atoms with E-state index in [0.29, 0.717) is 23.3 Å². The second-order valence-electron chi connectivity index (χ2n) is 5.25. The number of hydrogen-bond donors (Lipinski definition) is 1. The fourth-order valence-corrected chi connectivity index (χ4v) is 3.50. The van der Waals surface area contributed by atoms with E-state index in [2.05, 4.69) is 33.4 Å². The zero-order valence-corrected chi connectivity index (χ0v) is 11.9. The van der Waals surface area contributed by atoms with Crippen LogP contribution in [0.1, 0.15) is 39.2 Å².